The van der Waals surface area contributed by atoms with Crippen LogP contribution in [0.4, 0.5) is 0 Å². The summed E-state index contributed by atoms with van der Waals surface area (Å²) >= 11 is 0. The highest BCUT2D eigenvalue weighted by Crippen LogP contribution is 2.20. The van der Waals surface area contributed by atoms with Gasteiger partial charge in [-0.15, -0.1) is 0 Å². The highest BCUT2D eigenvalue weighted by atomic mass is 16.3. The molecule has 13 heavy (non-hydrogen) atoms. The number of aromatic hydroxyl groups is 1. The first-order valence-electron chi connectivity index (χ1n) is 3.78. The van der Waals surface area contributed by atoms with E-state index in [2.05, 4.69) is 0 Å². The Balaban J connectivity index is 3.33. The SMILES string of the molecule is Cc1cc(O)cc(CC#N)c1C#N. The lowest BCUT2D eigenvalue weighted by Crippen LogP contribution is -1.91. The molecule has 0 unspecified atom stereocenters. The molecular weight excluding hydrogens is 164 g/mol. The third-order valence-electron chi connectivity index (χ3n) is 1.78. The summed E-state index contributed by atoms with van der Waals surface area (Å²) in [5, 5.41) is 26.5. The fraction of sp³-hybridized carbons (Fsp3) is 0.200. The summed E-state index contributed by atoms with van der Waals surface area (Å²) in [4.78, 5) is 0. The molecule has 0 amide bonds. The minimum atomic E-state index is 0.0988. The molecule has 0 radical (unpaired) electrons. The van der Waals surface area contributed by atoms with Gasteiger partial charge in [0.05, 0.1) is 24.1 Å². The van der Waals surface area contributed by atoms with Gasteiger partial charge in [0.15, 0.2) is 0 Å². The molecule has 0 saturated carbocycles. The molecule has 1 aromatic carbocycles. The number of rotatable bonds is 1. The van der Waals surface area contributed by atoms with Crippen LogP contribution in [0.2, 0.25) is 0 Å². The zero-order chi connectivity index (χ0) is 9.84. The second-order valence-corrected chi connectivity index (χ2v) is 2.74. The van der Waals surface area contributed by atoms with Crippen LogP contribution in [0.3, 0.4) is 0 Å². The number of hydrogen-bond acceptors (Lipinski definition) is 3. The van der Waals surface area contributed by atoms with Crippen LogP contribution < -0.4 is 0 Å². The van der Waals surface area contributed by atoms with Crippen molar-refractivity contribution >= 4 is 0 Å². The lowest BCUT2D eigenvalue weighted by Gasteiger charge is -2.03. The number of nitriles is 2. The Morgan fingerprint density at radius 2 is 2.08 bits per heavy atom. The Hall–Kier alpha value is -2.00. The van der Waals surface area contributed by atoms with Crippen molar-refractivity contribution in [3.05, 3.63) is 28.8 Å². The van der Waals surface area contributed by atoms with Gasteiger partial charge in [0, 0.05) is 0 Å². The van der Waals surface area contributed by atoms with Gasteiger partial charge in [-0.3, -0.25) is 0 Å². The lowest BCUT2D eigenvalue weighted by atomic mass is 10.0. The molecule has 0 heterocycles. The first kappa shape index (κ1) is 9.09. The van der Waals surface area contributed by atoms with Gasteiger partial charge in [0.25, 0.3) is 0 Å². The number of aryl methyl sites for hydroxylation is 1. The number of phenolic OH excluding ortho intramolecular Hbond substituents is 1. The molecule has 0 aliphatic rings. The summed E-state index contributed by atoms with van der Waals surface area (Å²) in [6, 6.07) is 6.93. The van der Waals surface area contributed by atoms with E-state index in [4.69, 9.17) is 10.5 Å². The van der Waals surface area contributed by atoms with E-state index >= 15 is 0 Å². The Bertz CT molecular complexity index is 410. The fourth-order valence-electron chi connectivity index (χ4n) is 1.22. The molecule has 64 valence electrons. The van der Waals surface area contributed by atoms with Gasteiger partial charge in [0.1, 0.15) is 5.75 Å². The number of phenols is 1. The average Bonchev–Trinajstić information content (AvgIpc) is 2.04. The van der Waals surface area contributed by atoms with Crippen LogP contribution >= 0.6 is 0 Å². The summed E-state index contributed by atoms with van der Waals surface area (Å²) in [7, 11) is 0. The van der Waals surface area contributed by atoms with Crippen molar-refractivity contribution in [3.8, 4) is 17.9 Å². The molecule has 0 aliphatic heterocycles. The van der Waals surface area contributed by atoms with E-state index in [1.807, 2.05) is 12.1 Å². The van der Waals surface area contributed by atoms with Gasteiger partial charge >= 0.3 is 0 Å². The number of hydrogen-bond donors (Lipinski definition) is 1. The Morgan fingerprint density at radius 1 is 1.38 bits per heavy atom. The van der Waals surface area contributed by atoms with Crippen molar-refractivity contribution in [1.29, 1.82) is 10.5 Å². The molecule has 0 fully saturated rings. The molecule has 0 spiro atoms. The normalized spacial score (nSPS) is 8.85. The molecule has 1 rings (SSSR count). The number of benzene rings is 1. The zero-order valence-corrected chi connectivity index (χ0v) is 7.20. The molecular formula is C10H8N2O. The van der Waals surface area contributed by atoms with Gasteiger partial charge in [-0.25, -0.2) is 0 Å². The van der Waals surface area contributed by atoms with Crippen molar-refractivity contribution in [1.82, 2.24) is 0 Å². The molecule has 1 aromatic rings. The first-order chi connectivity index (χ1) is 6.19. The van der Waals surface area contributed by atoms with Gasteiger partial charge in [-0.1, -0.05) is 0 Å². The monoisotopic (exact) mass is 172 g/mol. The van der Waals surface area contributed by atoms with Crippen LogP contribution in [-0.2, 0) is 6.42 Å². The molecule has 3 heteroatoms. The summed E-state index contributed by atoms with van der Waals surface area (Å²) < 4.78 is 0. The highest BCUT2D eigenvalue weighted by Gasteiger charge is 2.06. The van der Waals surface area contributed by atoms with Crippen LogP contribution in [0.1, 0.15) is 16.7 Å². The van der Waals surface area contributed by atoms with Crippen molar-refractivity contribution < 1.29 is 5.11 Å². The van der Waals surface area contributed by atoms with Gasteiger partial charge in [0.2, 0.25) is 0 Å². The quantitative estimate of drug-likeness (QED) is 0.700. The fourth-order valence-corrected chi connectivity index (χ4v) is 1.22. The Labute approximate surface area is 76.5 Å². The topological polar surface area (TPSA) is 67.8 Å². The van der Waals surface area contributed by atoms with Crippen molar-refractivity contribution in [3.63, 3.8) is 0 Å². The smallest absolute Gasteiger partial charge is 0.116 e. The summed E-state index contributed by atoms with van der Waals surface area (Å²) in [6.07, 6.45) is 0.151. The van der Waals surface area contributed by atoms with E-state index < -0.39 is 0 Å². The Morgan fingerprint density at radius 3 is 2.62 bits per heavy atom. The van der Waals surface area contributed by atoms with E-state index in [0.29, 0.717) is 16.7 Å². The molecule has 0 bridgehead atoms. The summed E-state index contributed by atoms with van der Waals surface area (Å²) in [5.41, 5.74) is 1.77. The molecule has 0 aromatic heterocycles. The van der Waals surface area contributed by atoms with Crippen LogP contribution in [0.5, 0.6) is 5.75 Å². The van der Waals surface area contributed by atoms with Gasteiger partial charge in [-0.2, -0.15) is 10.5 Å². The van der Waals surface area contributed by atoms with Crippen LogP contribution in [0.25, 0.3) is 0 Å². The third kappa shape index (κ3) is 1.77. The maximum Gasteiger partial charge on any atom is 0.116 e. The van der Waals surface area contributed by atoms with E-state index in [1.54, 1.807) is 6.92 Å². The molecule has 0 saturated heterocycles. The molecule has 1 N–H and O–H groups in total. The highest BCUT2D eigenvalue weighted by molar-refractivity contribution is 5.48. The first-order valence-corrected chi connectivity index (χ1v) is 3.78. The summed E-state index contributed by atoms with van der Waals surface area (Å²) in [6.45, 7) is 1.74. The molecule has 3 nitrogen and oxygen atoms in total. The predicted octanol–water partition coefficient (Wildman–Crippen LogP) is 1.64. The second-order valence-electron chi connectivity index (χ2n) is 2.74. The van der Waals surface area contributed by atoms with Crippen molar-refractivity contribution in [2.75, 3.05) is 0 Å². The van der Waals surface area contributed by atoms with Crippen molar-refractivity contribution in [2.24, 2.45) is 0 Å². The molecule has 0 atom stereocenters. The number of nitrogens with zero attached hydrogens (tertiary/aromatic N) is 2. The van der Waals surface area contributed by atoms with Crippen LogP contribution in [0, 0.1) is 29.6 Å². The van der Waals surface area contributed by atoms with E-state index in [-0.39, 0.29) is 12.2 Å². The predicted molar refractivity (Wildman–Crippen MR) is 46.9 cm³/mol. The lowest BCUT2D eigenvalue weighted by molar-refractivity contribution is 0.474. The van der Waals surface area contributed by atoms with Crippen LogP contribution in [-0.4, -0.2) is 5.11 Å². The van der Waals surface area contributed by atoms with E-state index in [1.165, 1.54) is 12.1 Å². The van der Waals surface area contributed by atoms with Crippen molar-refractivity contribution in [2.45, 2.75) is 13.3 Å². The third-order valence-corrected chi connectivity index (χ3v) is 1.78. The largest absolute Gasteiger partial charge is 0.508 e. The van der Waals surface area contributed by atoms with Gasteiger partial charge in [-0.05, 0) is 30.2 Å². The average molecular weight is 172 g/mol. The zero-order valence-electron chi connectivity index (χ0n) is 7.20. The van der Waals surface area contributed by atoms with Crippen LogP contribution in [0.15, 0.2) is 12.1 Å². The maximum absolute atomic E-state index is 9.22. The summed E-state index contributed by atoms with van der Waals surface area (Å²) in [5.74, 6) is 0.0988. The standard InChI is InChI=1S/C10H8N2O/c1-7-4-9(13)5-8(2-3-11)10(7)6-12/h4-5,13H,2H2,1H3. The van der Waals surface area contributed by atoms with E-state index in [0.717, 1.165) is 0 Å². The van der Waals surface area contributed by atoms with E-state index in [9.17, 15) is 5.11 Å². The molecule has 0 aliphatic carbocycles. The Kier molecular flexibility index (Phi) is 2.52. The minimum Gasteiger partial charge on any atom is -0.508 e. The second kappa shape index (κ2) is 3.60. The maximum atomic E-state index is 9.22. The van der Waals surface area contributed by atoms with Gasteiger partial charge < -0.3 is 5.11 Å². The minimum absolute atomic E-state index is 0.0988.